The number of imide groups is 1. The molecule has 94 valence electrons. The van der Waals surface area contributed by atoms with Crippen molar-refractivity contribution in [3.8, 4) is 0 Å². The molecular weight excluding hydrogens is 252 g/mol. The van der Waals surface area contributed by atoms with Crippen LogP contribution in [0.5, 0.6) is 0 Å². The van der Waals surface area contributed by atoms with Gasteiger partial charge in [-0.1, -0.05) is 12.2 Å². The normalized spacial score (nSPS) is 19.6. The standard InChI is InChI=1S/C11H12N4O2S/c1-6-11(17)14-8(16)5-15(6)10-7(9(12)18)3-2-4-13-10/h2-4,6H,5H2,1H3,(H2,12,18)(H,14,16,17). The van der Waals surface area contributed by atoms with Crippen LogP contribution in [-0.4, -0.2) is 34.4 Å². The quantitative estimate of drug-likeness (QED) is 0.556. The second-order valence-electron chi connectivity index (χ2n) is 3.96. The molecule has 2 amide bonds. The molecule has 0 radical (unpaired) electrons. The maximum Gasteiger partial charge on any atom is 0.249 e. The second kappa shape index (κ2) is 4.69. The highest BCUT2D eigenvalue weighted by atomic mass is 32.1. The summed E-state index contributed by atoms with van der Waals surface area (Å²) < 4.78 is 0. The van der Waals surface area contributed by atoms with Gasteiger partial charge >= 0.3 is 0 Å². The molecule has 0 aliphatic carbocycles. The van der Waals surface area contributed by atoms with E-state index in [1.807, 2.05) is 0 Å². The number of nitrogens with two attached hydrogens (primary N) is 1. The lowest BCUT2D eigenvalue weighted by molar-refractivity contribution is -0.132. The molecule has 0 saturated carbocycles. The van der Waals surface area contributed by atoms with Crippen LogP contribution in [0.2, 0.25) is 0 Å². The summed E-state index contributed by atoms with van der Waals surface area (Å²) in [6.07, 6.45) is 1.57. The summed E-state index contributed by atoms with van der Waals surface area (Å²) in [5.41, 5.74) is 6.17. The molecule has 1 unspecified atom stereocenters. The highest BCUT2D eigenvalue weighted by molar-refractivity contribution is 7.80. The number of hydrogen-bond acceptors (Lipinski definition) is 5. The van der Waals surface area contributed by atoms with Crippen molar-refractivity contribution in [2.75, 3.05) is 11.4 Å². The van der Waals surface area contributed by atoms with Crippen LogP contribution in [-0.2, 0) is 9.59 Å². The first kappa shape index (κ1) is 12.4. The minimum Gasteiger partial charge on any atom is -0.389 e. The van der Waals surface area contributed by atoms with Crippen LogP contribution < -0.4 is 16.0 Å². The number of aromatic nitrogens is 1. The van der Waals surface area contributed by atoms with E-state index < -0.39 is 6.04 Å². The van der Waals surface area contributed by atoms with Gasteiger partial charge in [0.2, 0.25) is 11.8 Å². The van der Waals surface area contributed by atoms with E-state index >= 15 is 0 Å². The van der Waals surface area contributed by atoms with Crippen molar-refractivity contribution in [1.82, 2.24) is 10.3 Å². The topological polar surface area (TPSA) is 88.3 Å². The Morgan fingerprint density at radius 3 is 3.00 bits per heavy atom. The van der Waals surface area contributed by atoms with Crippen LogP contribution in [0.15, 0.2) is 18.3 Å². The number of carbonyl (C=O) groups excluding carboxylic acids is 2. The van der Waals surface area contributed by atoms with Gasteiger partial charge in [0.1, 0.15) is 16.8 Å². The predicted octanol–water partition coefficient (Wildman–Crippen LogP) is -0.433. The number of anilines is 1. The highest BCUT2D eigenvalue weighted by Crippen LogP contribution is 2.21. The Morgan fingerprint density at radius 1 is 1.61 bits per heavy atom. The van der Waals surface area contributed by atoms with E-state index in [1.165, 1.54) is 0 Å². The number of nitrogens with zero attached hydrogens (tertiary/aromatic N) is 2. The fourth-order valence-electron chi connectivity index (χ4n) is 1.79. The molecule has 1 fully saturated rings. The molecule has 1 aromatic rings. The monoisotopic (exact) mass is 264 g/mol. The van der Waals surface area contributed by atoms with E-state index in [4.69, 9.17) is 18.0 Å². The number of thiocarbonyl (C=S) groups is 1. The van der Waals surface area contributed by atoms with Gasteiger partial charge in [-0.2, -0.15) is 0 Å². The van der Waals surface area contributed by atoms with Crippen molar-refractivity contribution in [2.24, 2.45) is 5.73 Å². The minimum absolute atomic E-state index is 0.0551. The molecule has 0 spiro atoms. The first-order chi connectivity index (χ1) is 8.50. The van der Waals surface area contributed by atoms with Crippen molar-refractivity contribution < 1.29 is 9.59 Å². The molecular formula is C11H12N4O2S. The van der Waals surface area contributed by atoms with E-state index in [2.05, 4.69) is 10.3 Å². The van der Waals surface area contributed by atoms with Gasteiger partial charge in [0.05, 0.1) is 12.1 Å². The Balaban J connectivity index is 2.44. The minimum atomic E-state index is -0.495. The van der Waals surface area contributed by atoms with Crippen molar-refractivity contribution in [2.45, 2.75) is 13.0 Å². The molecule has 18 heavy (non-hydrogen) atoms. The van der Waals surface area contributed by atoms with Crippen LogP contribution in [0.1, 0.15) is 12.5 Å². The fraction of sp³-hybridized carbons (Fsp3) is 0.273. The fourth-order valence-corrected chi connectivity index (χ4v) is 1.95. The molecule has 1 saturated heterocycles. The summed E-state index contributed by atoms with van der Waals surface area (Å²) in [6, 6.07) is 2.92. The van der Waals surface area contributed by atoms with E-state index in [-0.39, 0.29) is 23.3 Å². The number of amides is 2. The Labute approximate surface area is 109 Å². The maximum absolute atomic E-state index is 11.6. The van der Waals surface area contributed by atoms with Crippen LogP contribution in [0.4, 0.5) is 5.82 Å². The zero-order chi connectivity index (χ0) is 13.3. The molecule has 1 aliphatic rings. The van der Waals surface area contributed by atoms with Gasteiger partial charge in [-0.3, -0.25) is 14.9 Å². The van der Waals surface area contributed by atoms with Gasteiger partial charge < -0.3 is 10.6 Å². The Hall–Kier alpha value is -2.02. The number of nitrogens with one attached hydrogen (secondary N) is 1. The molecule has 2 heterocycles. The average Bonchev–Trinajstić information content (AvgIpc) is 2.33. The van der Waals surface area contributed by atoms with Crippen molar-refractivity contribution in [3.63, 3.8) is 0 Å². The first-order valence-corrected chi connectivity index (χ1v) is 5.76. The molecule has 0 aromatic carbocycles. The van der Waals surface area contributed by atoms with Crippen LogP contribution in [0, 0.1) is 0 Å². The summed E-state index contributed by atoms with van der Waals surface area (Å²) in [6.45, 7) is 1.75. The number of piperazine rings is 1. The molecule has 6 nitrogen and oxygen atoms in total. The van der Waals surface area contributed by atoms with Gasteiger partial charge in [-0.05, 0) is 19.1 Å². The van der Waals surface area contributed by atoms with Gasteiger partial charge in [0, 0.05) is 6.20 Å². The van der Waals surface area contributed by atoms with Crippen molar-refractivity contribution in [1.29, 1.82) is 0 Å². The molecule has 2 rings (SSSR count). The lowest BCUT2D eigenvalue weighted by Crippen LogP contribution is -2.57. The third-order valence-electron chi connectivity index (χ3n) is 2.75. The largest absolute Gasteiger partial charge is 0.389 e. The van der Waals surface area contributed by atoms with E-state index in [0.29, 0.717) is 11.4 Å². The first-order valence-electron chi connectivity index (χ1n) is 5.36. The van der Waals surface area contributed by atoms with Crippen LogP contribution in [0.3, 0.4) is 0 Å². The smallest absolute Gasteiger partial charge is 0.249 e. The Morgan fingerprint density at radius 2 is 2.33 bits per heavy atom. The zero-order valence-electron chi connectivity index (χ0n) is 9.71. The number of pyridine rings is 1. The van der Waals surface area contributed by atoms with E-state index in [0.717, 1.165) is 0 Å². The summed E-state index contributed by atoms with van der Waals surface area (Å²) in [7, 11) is 0. The molecule has 1 aromatic heterocycles. The number of carbonyl (C=O) groups is 2. The lowest BCUT2D eigenvalue weighted by atomic mass is 10.1. The summed E-state index contributed by atoms with van der Waals surface area (Å²) in [5, 5.41) is 2.27. The highest BCUT2D eigenvalue weighted by Gasteiger charge is 2.32. The number of hydrogen-bond donors (Lipinski definition) is 2. The van der Waals surface area contributed by atoms with Gasteiger partial charge in [-0.15, -0.1) is 0 Å². The lowest BCUT2D eigenvalue weighted by Gasteiger charge is -2.33. The molecule has 0 bridgehead atoms. The average molecular weight is 264 g/mol. The molecule has 1 atom stereocenters. The zero-order valence-corrected chi connectivity index (χ0v) is 10.5. The Kier molecular flexibility index (Phi) is 3.24. The second-order valence-corrected chi connectivity index (χ2v) is 4.39. The van der Waals surface area contributed by atoms with Gasteiger partial charge in [0.15, 0.2) is 0 Å². The molecule has 7 heteroatoms. The third-order valence-corrected chi connectivity index (χ3v) is 2.97. The predicted molar refractivity (Wildman–Crippen MR) is 70.1 cm³/mol. The van der Waals surface area contributed by atoms with Crippen LogP contribution >= 0.6 is 12.2 Å². The SMILES string of the molecule is CC1C(=O)NC(=O)CN1c1ncccc1C(N)=S. The molecule has 3 N–H and O–H groups in total. The van der Waals surface area contributed by atoms with Crippen molar-refractivity contribution >= 4 is 34.8 Å². The summed E-state index contributed by atoms with van der Waals surface area (Å²) in [4.78, 5) is 29.0. The molecule has 1 aliphatic heterocycles. The van der Waals surface area contributed by atoms with Gasteiger partial charge in [0.25, 0.3) is 0 Å². The summed E-state index contributed by atoms with van der Waals surface area (Å²) in [5.74, 6) is -0.260. The number of rotatable bonds is 2. The Bertz CT molecular complexity index is 532. The van der Waals surface area contributed by atoms with E-state index in [9.17, 15) is 9.59 Å². The van der Waals surface area contributed by atoms with Crippen molar-refractivity contribution in [3.05, 3.63) is 23.9 Å². The van der Waals surface area contributed by atoms with Crippen LogP contribution in [0.25, 0.3) is 0 Å². The van der Waals surface area contributed by atoms with E-state index in [1.54, 1.807) is 30.2 Å². The maximum atomic E-state index is 11.6. The summed E-state index contributed by atoms with van der Waals surface area (Å²) >= 11 is 4.94. The van der Waals surface area contributed by atoms with Gasteiger partial charge in [-0.25, -0.2) is 4.98 Å². The third kappa shape index (κ3) is 2.17.